The number of aliphatic hydroxyl groups excluding tert-OH is 2. The largest absolute Gasteiger partial charge is 0.463 e. The Balaban J connectivity index is 2.46. The molecule has 2 N–H and O–H groups in total. The molecule has 0 saturated heterocycles. The fourth-order valence-electron chi connectivity index (χ4n) is 3.02. The number of carbonyl (C=O) groups is 4. The highest BCUT2D eigenvalue weighted by atomic mass is 16.6. The number of esters is 4. The molecule has 0 heterocycles. The van der Waals surface area contributed by atoms with Gasteiger partial charge in [0.15, 0.2) is 0 Å². The lowest BCUT2D eigenvalue weighted by molar-refractivity contribution is -0.164. The SMILES string of the molecule is CC(C)CC(O)COC(=O)c1ccc(C(=O)OCC(O)COC(=O)C(C)(C)CC(=O)OC(C)C)cc1. The van der Waals surface area contributed by atoms with Gasteiger partial charge in [-0.25, -0.2) is 9.59 Å². The van der Waals surface area contributed by atoms with Crippen LogP contribution in [0.15, 0.2) is 24.3 Å². The van der Waals surface area contributed by atoms with Crippen LogP contribution in [0.2, 0.25) is 0 Å². The van der Waals surface area contributed by atoms with Crippen molar-refractivity contribution in [3.8, 4) is 0 Å². The molecule has 36 heavy (non-hydrogen) atoms. The Hall–Kier alpha value is -2.98. The van der Waals surface area contributed by atoms with Crippen LogP contribution in [0.4, 0.5) is 0 Å². The summed E-state index contributed by atoms with van der Waals surface area (Å²) in [6.45, 7) is 9.36. The normalized spacial score (nSPS) is 13.2. The summed E-state index contributed by atoms with van der Waals surface area (Å²) in [5.74, 6) is -2.35. The van der Waals surface area contributed by atoms with E-state index in [1.165, 1.54) is 38.1 Å². The minimum atomic E-state index is -1.28. The number of ether oxygens (including phenoxy) is 4. The molecule has 0 fully saturated rings. The third-order valence-corrected chi connectivity index (χ3v) is 4.83. The number of carbonyl (C=O) groups excluding carboxylic acids is 4. The molecule has 0 aromatic heterocycles. The smallest absolute Gasteiger partial charge is 0.338 e. The van der Waals surface area contributed by atoms with Gasteiger partial charge in [0.05, 0.1) is 35.2 Å². The van der Waals surface area contributed by atoms with Crippen LogP contribution in [0.25, 0.3) is 0 Å². The Morgan fingerprint density at radius 3 is 1.67 bits per heavy atom. The number of benzene rings is 1. The Kier molecular flexibility index (Phi) is 12.5. The second kappa shape index (κ2) is 14.5. The maximum atomic E-state index is 12.3. The van der Waals surface area contributed by atoms with E-state index in [0.717, 1.165) is 0 Å². The van der Waals surface area contributed by atoms with Gasteiger partial charge in [0.2, 0.25) is 0 Å². The van der Waals surface area contributed by atoms with Crippen molar-refractivity contribution < 1.29 is 48.3 Å². The minimum absolute atomic E-state index is 0.123. The summed E-state index contributed by atoms with van der Waals surface area (Å²) in [7, 11) is 0. The van der Waals surface area contributed by atoms with Gasteiger partial charge < -0.3 is 29.2 Å². The number of hydrogen-bond acceptors (Lipinski definition) is 10. The summed E-state index contributed by atoms with van der Waals surface area (Å²) in [5, 5.41) is 19.8. The molecule has 0 aliphatic heterocycles. The number of rotatable bonds is 14. The average Bonchev–Trinajstić information content (AvgIpc) is 2.77. The molecule has 2 unspecified atom stereocenters. The lowest BCUT2D eigenvalue weighted by Gasteiger charge is -2.23. The predicted molar refractivity (Wildman–Crippen MR) is 129 cm³/mol. The van der Waals surface area contributed by atoms with Crippen molar-refractivity contribution in [3.05, 3.63) is 35.4 Å². The van der Waals surface area contributed by atoms with Crippen LogP contribution in [0.5, 0.6) is 0 Å². The lowest BCUT2D eigenvalue weighted by atomic mass is 9.89. The van der Waals surface area contributed by atoms with E-state index in [9.17, 15) is 29.4 Å². The van der Waals surface area contributed by atoms with E-state index in [1.54, 1.807) is 13.8 Å². The van der Waals surface area contributed by atoms with Gasteiger partial charge in [-0.3, -0.25) is 9.59 Å². The second-order valence-electron chi connectivity index (χ2n) is 9.91. The minimum Gasteiger partial charge on any atom is -0.463 e. The zero-order valence-corrected chi connectivity index (χ0v) is 21.8. The quantitative estimate of drug-likeness (QED) is 0.283. The molecule has 2 atom stereocenters. The molecule has 10 heteroatoms. The van der Waals surface area contributed by atoms with E-state index in [-0.39, 0.29) is 36.2 Å². The lowest BCUT2D eigenvalue weighted by Crippen LogP contribution is -2.34. The van der Waals surface area contributed by atoms with Crippen LogP contribution in [0.1, 0.15) is 75.1 Å². The number of aliphatic hydroxyl groups is 2. The van der Waals surface area contributed by atoms with E-state index < -0.39 is 54.7 Å². The van der Waals surface area contributed by atoms with E-state index in [1.807, 2.05) is 13.8 Å². The van der Waals surface area contributed by atoms with Gasteiger partial charge in [0, 0.05) is 0 Å². The average molecular weight is 511 g/mol. The van der Waals surface area contributed by atoms with Gasteiger partial charge in [-0.1, -0.05) is 13.8 Å². The molecule has 0 bridgehead atoms. The monoisotopic (exact) mass is 510 g/mol. The highest BCUT2D eigenvalue weighted by Crippen LogP contribution is 2.23. The van der Waals surface area contributed by atoms with Gasteiger partial charge in [0.1, 0.15) is 25.9 Å². The standard InChI is InChI=1S/C26H38O10/c1-16(2)11-20(27)13-33-23(30)18-7-9-19(10-8-18)24(31)34-14-21(28)15-35-25(32)26(5,6)12-22(29)36-17(3)4/h7-10,16-17,20-21,27-28H,11-15H2,1-6H3. The van der Waals surface area contributed by atoms with Crippen LogP contribution in [-0.4, -0.2) is 72.2 Å². The third-order valence-electron chi connectivity index (χ3n) is 4.83. The zero-order chi connectivity index (χ0) is 27.5. The molecule has 0 aliphatic carbocycles. The van der Waals surface area contributed by atoms with Crippen molar-refractivity contribution >= 4 is 23.9 Å². The van der Waals surface area contributed by atoms with Crippen molar-refractivity contribution in [3.63, 3.8) is 0 Å². The van der Waals surface area contributed by atoms with Crippen LogP contribution < -0.4 is 0 Å². The first-order valence-electron chi connectivity index (χ1n) is 11.9. The molecule has 1 rings (SSSR count). The summed E-state index contributed by atoms with van der Waals surface area (Å²) < 4.78 is 20.2. The molecular formula is C26H38O10. The van der Waals surface area contributed by atoms with Gasteiger partial charge in [-0.05, 0) is 64.3 Å². The predicted octanol–water partition coefficient (Wildman–Crippen LogP) is 2.68. The molecule has 10 nitrogen and oxygen atoms in total. The summed E-state index contributed by atoms with van der Waals surface area (Å²) in [6.07, 6.45) is -2.01. The highest BCUT2D eigenvalue weighted by Gasteiger charge is 2.33. The molecule has 202 valence electrons. The van der Waals surface area contributed by atoms with Gasteiger partial charge in [0.25, 0.3) is 0 Å². The van der Waals surface area contributed by atoms with Crippen molar-refractivity contribution in [2.24, 2.45) is 11.3 Å². The Labute approximate surface area is 211 Å². The van der Waals surface area contributed by atoms with Crippen LogP contribution in [0, 0.1) is 11.3 Å². The summed E-state index contributed by atoms with van der Waals surface area (Å²) in [6, 6.07) is 5.51. The second-order valence-corrected chi connectivity index (χ2v) is 9.91. The van der Waals surface area contributed by atoms with E-state index >= 15 is 0 Å². The van der Waals surface area contributed by atoms with Crippen molar-refractivity contribution in [1.82, 2.24) is 0 Å². The maximum absolute atomic E-state index is 12.3. The molecule has 0 amide bonds. The number of hydrogen-bond donors (Lipinski definition) is 2. The first kappa shape index (κ1) is 31.1. The van der Waals surface area contributed by atoms with Crippen molar-refractivity contribution in [1.29, 1.82) is 0 Å². The van der Waals surface area contributed by atoms with Crippen molar-refractivity contribution in [2.45, 2.75) is 72.7 Å². The molecule has 1 aromatic carbocycles. The molecule has 1 aromatic rings. The van der Waals surface area contributed by atoms with Gasteiger partial charge in [-0.2, -0.15) is 0 Å². The maximum Gasteiger partial charge on any atom is 0.338 e. The Morgan fingerprint density at radius 1 is 0.778 bits per heavy atom. The fraction of sp³-hybridized carbons (Fsp3) is 0.615. The molecule has 0 radical (unpaired) electrons. The summed E-state index contributed by atoms with van der Waals surface area (Å²) >= 11 is 0. The van der Waals surface area contributed by atoms with Crippen LogP contribution in [-0.2, 0) is 28.5 Å². The molecule has 0 aliphatic rings. The molecular weight excluding hydrogens is 472 g/mol. The van der Waals surface area contributed by atoms with Crippen molar-refractivity contribution in [2.75, 3.05) is 19.8 Å². The first-order valence-corrected chi connectivity index (χ1v) is 11.9. The Morgan fingerprint density at radius 2 is 1.22 bits per heavy atom. The fourth-order valence-corrected chi connectivity index (χ4v) is 3.02. The van der Waals surface area contributed by atoms with Crippen LogP contribution in [0.3, 0.4) is 0 Å². The van der Waals surface area contributed by atoms with E-state index in [0.29, 0.717) is 6.42 Å². The summed E-state index contributed by atoms with van der Waals surface area (Å²) in [5.41, 5.74) is -0.812. The third kappa shape index (κ3) is 11.6. The molecule has 0 saturated carbocycles. The van der Waals surface area contributed by atoms with E-state index in [2.05, 4.69) is 0 Å². The van der Waals surface area contributed by atoms with Gasteiger partial charge >= 0.3 is 23.9 Å². The molecule has 0 spiro atoms. The first-order chi connectivity index (χ1) is 16.7. The topological polar surface area (TPSA) is 146 Å². The Bertz CT molecular complexity index is 873. The zero-order valence-electron chi connectivity index (χ0n) is 21.8. The van der Waals surface area contributed by atoms with E-state index in [4.69, 9.17) is 18.9 Å². The summed E-state index contributed by atoms with van der Waals surface area (Å²) in [4.78, 5) is 48.4. The highest BCUT2D eigenvalue weighted by molar-refractivity contribution is 5.93. The van der Waals surface area contributed by atoms with Crippen LogP contribution >= 0.6 is 0 Å². The van der Waals surface area contributed by atoms with Gasteiger partial charge in [-0.15, -0.1) is 0 Å².